The molecule has 0 saturated carbocycles. The molecule has 0 bridgehead atoms. The fraction of sp³-hybridized carbons (Fsp3) is 0.636. The van der Waals surface area contributed by atoms with E-state index in [1.165, 1.54) is 11.1 Å². The van der Waals surface area contributed by atoms with Gasteiger partial charge in [0.05, 0.1) is 0 Å². The average molecular weight is 393 g/mol. The highest BCUT2D eigenvalue weighted by atomic mass is 35.5. The highest BCUT2D eigenvalue weighted by Gasteiger charge is 2.29. The van der Waals surface area contributed by atoms with E-state index in [0.29, 0.717) is 11.8 Å². The molecule has 5 heteroatoms. The molecule has 1 saturated heterocycles. The second kappa shape index (κ2) is 9.09. The molecule has 150 valence electrons. The molecule has 1 fully saturated rings. The number of nitrogens with one attached hydrogen (secondary N) is 1. The van der Waals surface area contributed by atoms with E-state index < -0.39 is 0 Å². The zero-order valence-corrected chi connectivity index (χ0v) is 18.0. The minimum absolute atomic E-state index is 0.00333. The van der Waals surface area contributed by atoms with Crippen LogP contribution < -0.4 is 5.32 Å². The van der Waals surface area contributed by atoms with Gasteiger partial charge in [0.1, 0.15) is 0 Å². The Morgan fingerprint density at radius 3 is 2.52 bits per heavy atom. The van der Waals surface area contributed by atoms with Crippen LogP contribution in [-0.4, -0.2) is 35.8 Å². The molecule has 1 N–H and O–H groups in total. The van der Waals surface area contributed by atoms with Crippen LogP contribution in [-0.2, 0) is 9.59 Å². The zero-order valence-electron chi connectivity index (χ0n) is 17.3. The van der Waals surface area contributed by atoms with Crippen molar-refractivity contribution < 1.29 is 9.59 Å². The lowest BCUT2D eigenvalue weighted by molar-refractivity contribution is -0.121. The molecule has 0 radical (unpaired) electrons. The summed E-state index contributed by atoms with van der Waals surface area (Å²) in [6.45, 7) is 11.6. The average Bonchev–Trinajstić information content (AvgIpc) is 2.60. The van der Waals surface area contributed by atoms with Crippen molar-refractivity contribution in [2.45, 2.75) is 77.7 Å². The van der Waals surface area contributed by atoms with Gasteiger partial charge in [-0.05, 0) is 81.0 Å². The Hall–Kier alpha value is -1.55. The summed E-state index contributed by atoms with van der Waals surface area (Å²) in [5.41, 5.74) is 3.50. The summed E-state index contributed by atoms with van der Waals surface area (Å²) < 4.78 is 0. The van der Waals surface area contributed by atoms with Gasteiger partial charge in [-0.2, -0.15) is 0 Å². The number of rotatable bonds is 7. The monoisotopic (exact) mass is 392 g/mol. The summed E-state index contributed by atoms with van der Waals surface area (Å²) in [5.74, 6) is 0.776. The van der Waals surface area contributed by atoms with Crippen molar-refractivity contribution in [3.63, 3.8) is 0 Å². The number of aryl methyl sites for hydroxylation is 1. The SMILES string of the molecule is CCC(CC(C)(C)NC(C)=O)c1cc(C)c(Cl)cc1C1CCN(C=O)CC1. The molecule has 2 rings (SSSR count). The second-order valence-corrected chi connectivity index (χ2v) is 8.93. The van der Waals surface area contributed by atoms with Gasteiger partial charge >= 0.3 is 0 Å². The summed E-state index contributed by atoms with van der Waals surface area (Å²) in [4.78, 5) is 24.5. The summed E-state index contributed by atoms with van der Waals surface area (Å²) >= 11 is 6.49. The number of carbonyl (C=O) groups is 2. The van der Waals surface area contributed by atoms with Crippen LogP contribution in [0.1, 0.15) is 81.9 Å². The second-order valence-electron chi connectivity index (χ2n) is 8.52. The number of carbonyl (C=O) groups excluding carboxylic acids is 2. The maximum atomic E-state index is 11.6. The molecule has 27 heavy (non-hydrogen) atoms. The van der Waals surface area contributed by atoms with Crippen molar-refractivity contribution >= 4 is 23.9 Å². The van der Waals surface area contributed by atoms with Gasteiger partial charge in [-0.25, -0.2) is 0 Å². The third-order valence-corrected chi connectivity index (χ3v) is 6.09. The zero-order chi connectivity index (χ0) is 20.2. The molecular weight excluding hydrogens is 360 g/mol. The summed E-state index contributed by atoms with van der Waals surface area (Å²) in [5, 5.41) is 3.89. The standard InChI is InChI=1S/C22H33ClN2O2/c1-6-17(13-22(4,5)24-16(3)27)19-11-15(2)21(23)12-20(19)18-7-9-25(14-26)10-8-18/h11-12,14,17-18H,6-10,13H2,1-5H3,(H,24,27). The van der Waals surface area contributed by atoms with E-state index >= 15 is 0 Å². The molecule has 0 aliphatic carbocycles. The van der Waals surface area contributed by atoms with Gasteiger partial charge in [-0.15, -0.1) is 0 Å². The molecule has 0 spiro atoms. The summed E-state index contributed by atoms with van der Waals surface area (Å²) in [6.07, 6.45) is 4.77. The van der Waals surface area contributed by atoms with Crippen molar-refractivity contribution in [1.29, 1.82) is 0 Å². The van der Waals surface area contributed by atoms with Crippen molar-refractivity contribution in [1.82, 2.24) is 10.2 Å². The molecule has 4 nitrogen and oxygen atoms in total. The number of likely N-dealkylation sites (tertiary alicyclic amines) is 1. The molecule has 1 aliphatic rings. The predicted molar refractivity (Wildman–Crippen MR) is 111 cm³/mol. The maximum Gasteiger partial charge on any atom is 0.217 e. The third kappa shape index (κ3) is 5.71. The Bertz CT molecular complexity index is 679. The smallest absolute Gasteiger partial charge is 0.217 e. The van der Waals surface area contributed by atoms with Gasteiger partial charge in [0.15, 0.2) is 0 Å². The normalized spacial score (nSPS) is 16.9. The van der Waals surface area contributed by atoms with E-state index in [0.717, 1.165) is 55.8 Å². The molecule has 1 aromatic carbocycles. The highest BCUT2D eigenvalue weighted by Crippen LogP contribution is 2.40. The topological polar surface area (TPSA) is 49.4 Å². The van der Waals surface area contributed by atoms with Gasteiger partial charge in [0, 0.05) is 30.6 Å². The molecular formula is C22H33ClN2O2. The van der Waals surface area contributed by atoms with Crippen LogP contribution >= 0.6 is 11.6 Å². The van der Waals surface area contributed by atoms with Crippen molar-refractivity contribution in [3.05, 3.63) is 33.8 Å². The van der Waals surface area contributed by atoms with Gasteiger partial charge < -0.3 is 10.2 Å². The molecule has 2 amide bonds. The first-order valence-electron chi connectivity index (χ1n) is 9.95. The fourth-order valence-corrected chi connectivity index (χ4v) is 4.53. The van der Waals surface area contributed by atoms with Gasteiger partial charge in [-0.1, -0.05) is 24.6 Å². The van der Waals surface area contributed by atoms with E-state index in [1.54, 1.807) is 6.92 Å². The van der Waals surface area contributed by atoms with Crippen LogP contribution in [0.3, 0.4) is 0 Å². The molecule has 1 atom stereocenters. The first-order valence-corrected chi connectivity index (χ1v) is 10.3. The number of benzene rings is 1. The number of hydrogen-bond donors (Lipinski definition) is 1. The first kappa shape index (κ1) is 21.7. The van der Waals surface area contributed by atoms with Gasteiger partial charge in [0.25, 0.3) is 0 Å². The Morgan fingerprint density at radius 1 is 1.37 bits per heavy atom. The van der Waals surface area contributed by atoms with Crippen LogP contribution in [0.4, 0.5) is 0 Å². The number of nitrogens with zero attached hydrogens (tertiary/aromatic N) is 1. The molecule has 1 aromatic rings. The Labute approximate surface area is 168 Å². The van der Waals surface area contributed by atoms with Crippen molar-refractivity contribution in [2.24, 2.45) is 0 Å². The van der Waals surface area contributed by atoms with Crippen LogP contribution in [0.5, 0.6) is 0 Å². The minimum Gasteiger partial charge on any atom is -0.351 e. The van der Waals surface area contributed by atoms with Crippen molar-refractivity contribution in [3.8, 4) is 0 Å². The Morgan fingerprint density at radius 2 is 2.00 bits per heavy atom. The van der Waals surface area contributed by atoms with Crippen LogP contribution in [0, 0.1) is 6.92 Å². The Balaban J connectivity index is 2.34. The van der Waals surface area contributed by atoms with Crippen LogP contribution in [0.25, 0.3) is 0 Å². The third-order valence-electron chi connectivity index (χ3n) is 5.69. The van der Waals surface area contributed by atoms with Gasteiger partial charge in [0.2, 0.25) is 12.3 Å². The lowest BCUT2D eigenvalue weighted by atomic mass is 9.77. The lowest BCUT2D eigenvalue weighted by Gasteiger charge is -2.35. The van der Waals surface area contributed by atoms with Crippen LogP contribution in [0.15, 0.2) is 12.1 Å². The fourth-order valence-electron chi connectivity index (χ4n) is 4.36. The molecule has 1 heterocycles. The lowest BCUT2D eigenvalue weighted by Crippen LogP contribution is -2.43. The summed E-state index contributed by atoms with van der Waals surface area (Å²) in [6, 6.07) is 4.38. The number of halogens is 1. The van der Waals surface area contributed by atoms with E-state index in [-0.39, 0.29) is 11.4 Å². The number of amides is 2. The maximum absolute atomic E-state index is 11.6. The minimum atomic E-state index is -0.266. The van der Waals surface area contributed by atoms with Gasteiger partial charge in [-0.3, -0.25) is 9.59 Å². The Kier molecular flexibility index (Phi) is 7.32. The van der Waals surface area contributed by atoms with E-state index in [2.05, 4.69) is 45.1 Å². The van der Waals surface area contributed by atoms with E-state index in [9.17, 15) is 9.59 Å². The number of hydrogen-bond acceptors (Lipinski definition) is 2. The molecule has 0 aromatic heterocycles. The highest BCUT2D eigenvalue weighted by molar-refractivity contribution is 6.31. The summed E-state index contributed by atoms with van der Waals surface area (Å²) in [7, 11) is 0. The largest absolute Gasteiger partial charge is 0.351 e. The van der Waals surface area contributed by atoms with Crippen LogP contribution in [0.2, 0.25) is 5.02 Å². The first-order chi connectivity index (χ1) is 12.7. The quantitative estimate of drug-likeness (QED) is 0.678. The van der Waals surface area contributed by atoms with E-state index in [1.807, 2.05) is 4.90 Å². The van der Waals surface area contributed by atoms with Crippen molar-refractivity contribution in [2.75, 3.05) is 13.1 Å². The predicted octanol–water partition coefficient (Wildman–Crippen LogP) is 4.78. The molecule has 1 aliphatic heterocycles. The van der Waals surface area contributed by atoms with E-state index in [4.69, 9.17) is 11.6 Å². The number of piperidine rings is 1. The molecule has 1 unspecified atom stereocenters.